The number of nitrogens with zero attached hydrogens (tertiary/aromatic N) is 1. The van der Waals surface area contributed by atoms with Gasteiger partial charge in [0, 0.05) is 15.0 Å². The molecule has 4 unspecified atom stereocenters. The zero-order chi connectivity index (χ0) is 6.57. The minimum Gasteiger partial charge on any atom is -0.232 e. The lowest BCUT2D eigenvalue weighted by molar-refractivity contribution is 2.09. The fourth-order valence-corrected chi connectivity index (χ4v) is 7.48. The lowest BCUT2D eigenvalue weighted by Crippen LogP contribution is -1.19. The Balaban J connectivity index is 3.34. The molecule has 0 aliphatic rings. The van der Waals surface area contributed by atoms with Gasteiger partial charge in [-0.2, -0.15) is 0 Å². The minimum absolute atomic E-state index is 0.00455. The summed E-state index contributed by atoms with van der Waals surface area (Å²) < 4.78 is 4.27. The fraction of sp³-hybridized carbons (Fsp3) is 0. The third kappa shape index (κ3) is 8.68. The van der Waals surface area contributed by atoms with E-state index in [9.17, 15) is 0 Å². The van der Waals surface area contributed by atoms with Crippen molar-refractivity contribution in [2.45, 2.75) is 0 Å². The Bertz CT molecular complexity index is 62.5. The Morgan fingerprint density at radius 3 is 1.75 bits per heavy atom. The number of hydrogen-bond donors (Lipinski definition) is 0. The van der Waals surface area contributed by atoms with Crippen molar-refractivity contribution in [3.8, 4) is 0 Å². The summed E-state index contributed by atoms with van der Waals surface area (Å²) in [5.74, 6) is 0. The molecule has 0 bridgehead atoms. The van der Waals surface area contributed by atoms with Crippen LogP contribution in [-0.4, -0.2) is 0 Å². The first kappa shape index (κ1) is 10.7. The van der Waals surface area contributed by atoms with Crippen molar-refractivity contribution in [2.24, 2.45) is 4.52 Å². The van der Waals surface area contributed by atoms with E-state index in [1.165, 1.54) is 8.06 Å². The molecule has 0 amide bonds. The van der Waals surface area contributed by atoms with Gasteiger partial charge in [-0.3, -0.25) is 0 Å². The molecule has 48 valence electrons. The lowest BCUT2D eigenvalue weighted by Gasteiger charge is -1.94. The van der Waals surface area contributed by atoms with Crippen molar-refractivity contribution in [3.05, 3.63) is 0 Å². The van der Waals surface area contributed by atoms with Crippen LogP contribution >= 0.6 is 58.2 Å². The molecule has 0 aromatic rings. The molecule has 0 heterocycles. The van der Waals surface area contributed by atoms with E-state index in [2.05, 4.69) is 40.2 Å². The van der Waals surface area contributed by atoms with Crippen LogP contribution in [0.4, 0.5) is 0 Å². The van der Waals surface area contributed by atoms with Crippen LogP contribution in [0.1, 0.15) is 0 Å². The first-order chi connectivity index (χ1) is 3.63. The quantitative estimate of drug-likeness (QED) is 0.644. The maximum absolute atomic E-state index is 4.27. The maximum Gasteiger partial charge on any atom is 0.0563 e. The largest absolute Gasteiger partial charge is 0.232 e. The Morgan fingerprint density at radius 2 is 1.62 bits per heavy atom. The van der Waals surface area contributed by atoms with E-state index in [0.717, 1.165) is 0 Å². The Hall–Kier alpha value is 2.68. The van der Waals surface area contributed by atoms with Gasteiger partial charge >= 0.3 is 0 Å². The van der Waals surface area contributed by atoms with E-state index in [1.807, 2.05) is 0 Å². The average Bonchev–Trinajstić information content (AvgIpc) is 1.61. The van der Waals surface area contributed by atoms with Crippen LogP contribution in [-0.2, 0) is 0 Å². The lowest BCUT2D eigenvalue weighted by atomic mass is 13.9. The monoisotopic (exact) mass is 239 g/mol. The molecular formula is H8NP7. The van der Waals surface area contributed by atoms with Crippen LogP contribution in [0.25, 0.3) is 0 Å². The van der Waals surface area contributed by atoms with E-state index in [0.29, 0.717) is 0 Å². The van der Waals surface area contributed by atoms with Gasteiger partial charge in [0.25, 0.3) is 0 Å². The Morgan fingerprint density at radius 1 is 1.12 bits per heavy atom. The summed E-state index contributed by atoms with van der Waals surface area (Å²) in [6, 6.07) is 0. The normalized spacial score (nSPS) is 12.2. The zero-order valence-corrected chi connectivity index (χ0v) is 11.4. The van der Waals surface area contributed by atoms with E-state index in [4.69, 9.17) is 0 Å². The molecule has 0 saturated carbocycles. The molecule has 8 heavy (non-hydrogen) atoms. The van der Waals surface area contributed by atoms with Crippen molar-refractivity contribution < 1.29 is 0 Å². The molecule has 0 spiro atoms. The van der Waals surface area contributed by atoms with Gasteiger partial charge in [0.1, 0.15) is 0 Å². The minimum atomic E-state index is -0.197. The molecule has 1 nitrogen and oxygen atoms in total. The number of rotatable bonds is 2. The molecule has 0 radical (unpaired) electrons. The molecule has 0 N–H and O–H groups in total. The van der Waals surface area contributed by atoms with Gasteiger partial charge in [0.2, 0.25) is 0 Å². The Kier molecular flexibility index (Phi) is 8.54. The summed E-state index contributed by atoms with van der Waals surface area (Å²) in [7, 11) is 11.8. The van der Waals surface area contributed by atoms with Crippen LogP contribution in [0.5, 0.6) is 0 Å². The fourth-order valence-electron chi connectivity index (χ4n) is 0.0924. The smallest absolute Gasteiger partial charge is 0.0563 e. The second-order valence-corrected chi connectivity index (χ2v) is 18.0. The molecular weight excluding hydrogens is 231 g/mol. The van der Waals surface area contributed by atoms with Crippen molar-refractivity contribution in [2.75, 3.05) is 0 Å². The van der Waals surface area contributed by atoms with Crippen molar-refractivity contribution in [1.82, 2.24) is 0 Å². The van der Waals surface area contributed by atoms with Crippen LogP contribution in [0.3, 0.4) is 0 Å². The van der Waals surface area contributed by atoms with Gasteiger partial charge in [0.05, 0.1) is 7.45 Å². The van der Waals surface area contributed by atoms with Gasteiger partial charge in [-0.1, -0.05) is 35.7 Å². The molecule has 0 aliphatic heterocycles. The van der Waals surface area contributed by atoms with Gasteiger partial charge in [-0.15, -0.1) is 0 Å². The first-order valence-corrected chi connectivity index (χ1v) is 12.3. The SMILES string of the molecule is PP(P)/N=P/P(P)P. The summed E-state index contributed by atoms with van der Waals surface area (Å²) in [5.41, 5.74) is 0. The van der Waals surface area contributed by atoms with Gasteiger partial charge < -0.3 is 0 Å². The molecule has 8 heteroatoms. The summed E-state index contributed by atoms with van der Waals surface area (Å²) in [6.45, 7) is -0.00455. The summed E-state index contributed by atoms with van der Waals surface area (Å²) in [6.07, 6.45) is 0. The van der Waals surface area contributed by atoms with Crippen molar-refractivity contribution in [1.29, 1.82) is 0 Å². The molecule has 0 aromatic carbocycles. The number of hydrogen-bond acceptors (Lipinski definition) is 1. The molecule has 0 fully saturated rings. The summed E-state index contributed by atoms with van der Waals surface area (Å²) in [5, 5.41) is 0. The van der Waals surface area contributed by atoms with Crippen LogP contribution in [0.2, 0.25) is 0 Å². The molecule has 4 atom stereocenters. The van der Waals surface area contributed by atoms with Gasteiger partial charge in [0.15, 0.2) is 0 Å². The first-order valence-electron chi connectivity index (χ1n) is 1.63. The molecule has 0 aromatic heterocycles. The molecule has 0 rings (SSSR count). The second-order valence-electron chi connectivity index (χ2n) is 0.939. The van der Waals surface area contributed by atoms with Crippen LogP contribution in [0, 0.1) is 0 Å². The van der Waals surface area contributed by atoms with Gasteiger partial charge in [-0.25, -0.2) is 4.52 Å². The highest BCUT2D eigenvalue weighted by molar-refractivity contribution is 8.67. The molecule has 0 saturated heterocycles. The molecule has 0 aliphatic carbocycles. The third-order valence-electron chi connectivity index (χ3n) is 0.247. The third-order valence-corrected chi connectivity index (χ3v) is 6.66. The topological polar surface area (TPSA) is 12.4 Å². The van der Waals surface area contributed by atoms with E-state index in [1.54, 1.807) is 0 Å². The van der Waals surface area contributed by atoms with Crippen LogP contribution in [0.15, 0.2) is 4.52 Å². The van der Waals surface area contributed by atoms with Crippen LogP contribution < -0.4 is 0 Å². The predicted molar refractivity (Wildman–Crippen MR) is 62.0 cm³/mol. The van der Waals surface area contributed by atoms with E-state index < -0.39 is 0 Å². The van der Waals surface area contributed by atoms with E-state index >= 15 is 0 Å². The highest BCUT2D eigenvalue weighted by Crippen LogP contribution is 2.69. The zero-order valence-electron chi connectivity index (χ0n) is 4.10. The predicted octanol–water partition coefficient (Wildman–Crippen LogP) is 4.07. The average molecular weight is 239 g/mol. The van der Waals surface area contributed by atoms with Gasteiger partial charge in [-0.05, 0) is 0 Å². The summed E-state index contributed by atoms with van der Waals surface area (Å²) in [4.78, 5) is 0. The second kappa shape index (κ2) is 6.39. The summed E-state index contributed by atoms with van der Waals surface area (Å²) >= 11 is 0. The standard InChI is InChI=1S/H8NP7/c2-7(3)1-6-8(4)5/h2-5H2. The highest BCUT2D eigenvalue weighted by Gasteiger charge is 1.87. The van der Waals surface area contributed by atoms with Crippen molar-refractivity contribution >= 4 is 58.2 Å². The maximum atomic E-state index is 4.27. The van der Waals surface area contributed by atoms with E-state index in [-0.39, 0.29) is 14.4 Å². The highest BCUT2D eigenvalue weighted by atomic mass is 32.7. The van der Waals surface area contributed by atoms with Crippen molar-refractivity contribution in [3.63, 3.8) is 0 Å². The Labute approximate surface area is 63.0 Å².